The number of carbonyl (C=O) groups is 1. The maximum absolute atomic E-state index is 12.2. The third kappa shape index (κ3) is 2.84. The molecule has 2 N–H and O–H groups in total. The van der Waals surface area contributed by atoms with Gasteiger partial charge in [-0.3, -0.25) is 14.8 Å². The van der Waals surface area contributed by atoms with E-state index in [-0.39, 0.29) is 5.91 Å². The Morgan fingerprint density at radius 2 is 2.12 bits per heavy atom. The molecule has 118 valence electrons. The van der Waals surface area contributed by atoms with Crippen LogP contribution in [0.25, 0.3) is 21.7 Å². The van der Waals surface area contributed by atoms with E-state index in [9.17, 15) is 4.79 Å². The van der Waals surface area contributed by atoms with E-state index in [0.29, 0.717) is 17.6 Å². The monoisotopic (exact) mass is 337 g/mol. The summed E-state index contributed by atoms with van der Waals surface area (Å²) in [6, 6.07) is 5.16. The highest BCUT2D eigenvalue weighted by atomic mass is 32.1. The number of nitrogens with one attached hydrogen (secondary N) is 2. The number of amides is 1. The van der Waals surface area contributed by atoms with Crippen LogP contribution in [-0.2, 0) is 6.54 Å². The van der Waals surface area contributed by atoms with Gasteiger partial charge in [0.2, 0.25) is 0 Å². The minimum Gasteiger partial charge on any atom is -0.346 e. The molecule has 0 saturated heterocycles. The molecule has 0 atom stereocenters. The van der Waals surface area contributed by atoms with E-state index in [1.54, 1.807) is 36.8 Å². The van der Waals surface area contributed by atoms with Crippen LogP contribution in [-0.4, -0.2) is 36.3 Å². The van der Waals surface area contributed by atoms with Crippen molar-refractivity contribution < 1.29 is 4.79 Å². The first kappa shape index (κ1) is 14.4. The lowest BCUT2D eigenvalue weighted by Crippen LogP contribution is -2.22. The number of hydrogen-bond donors (Lipinski definition) is 2. The Hall–Kier alpha value is -3.20. The lowest BCUT2D eigenvalue weighted by atomic mass is 10.2. The van der Waals surface area contributed by atoms with Crippen LogP contribution >= 0.6 is 11.3 Å². The standard InChI is InChI=1S/C15H11N7OS/c23-14(9-1-2-11-12(5-9)21-22-20-11)18-6-10-8-24-15(19-10)13-7-16-3-4-17-13/h1-5,7-8H,6H2,(H,18,23)(H,20,21,22). The van der Waals surface area contributed by atoms with Gasteiger partial charge in [-0.2, -0.15) is 15.4 Å². The van der Waals surface area contributed by atoms with Crippen molar-refractivity contribution >= 4 is 28.3 Å². The van der Waals surface area contributed by atoms with E-state index in [2.05, 4.69) is 35.7 Å². The number of H-pyrrole nitrogens is 1. The largest absolute Gasteiger partial charge is 0.346 e. The van der Waals surface area contributed by atoms with Crippen molar-refractivity contribution in [3.63, 3.8) is 0 Å². The van der Waals surface area contributed by atoms with Crippen LogP contribution in [0, 0.1) is 0 Å². The third-order valence-corrected chi connectivity index (χ3v) is 4.26. The topological polar surface area (TPSA) is 109 Å². The van der Waals surface area contributed by atoms with Crippen LogP contribution in [0.15, 0.2) is 42.2 Å². The summed E-state index contributed by atoms with van der Waals surface area (Å²) in [5, 5.41) is 16.0. The number of nitrogens with zero attached hydrogens (tertiary/aromatic N) is 5. The first-order chi connectivity index (χ1) is 11.8. The highest BCUT2D eigenvalue weighted by molar-refractivity contribution is 7.13. The lowest BCUT2D eigenvalue weighted by molar-refractivity contribution is 0.0950. The van der Waals surface area contributed by atoms with E-state index in [0.717, 1.165) is 21.9 Å². The number of aromatic nitrogens is 6. The fourth-order valence-electron chi connectivity index (χ4n) is 2.17. The number of hydrogen-bond acceptors (Lipinski definition) is 7. The molecule has 4 rings (SSSR count). The minimum absolute atomic E-state index is 0.186. The second-order valence-corrected chi connectivity index (χ2v) is 5.80. The van der Waals surface area contributed by atoms with Crippen molar-refractivity contribution in [3.8, 4) is 10.7 Å². The Kier molecular flexibility index (Phi) is 3.67. The molecule has 3 heterocycles. The molecule has 0 spiro atoms. The number of rotatable bonds is 4. The summed E-state index contributed by atoms with van der Waals surface area (Å²) in [6.45, 7) is 0.340. The summed E-state index contributed by atoms with van der Waals surface area (Å²) in [7, 11) is 0. The van der Waals surface area contributed by atoms with Crippen molar-refractivity contribution in [2.75, 3.05) is 0 Å². The van der Waals surface area contributed by atoms with Crippen LogP contribution in [0.4, 0.5) is 0 Å². The molecule has 9 heteroatoms. The molecule has 0 aliphatic carbocycles. The molecule has 8 nitrogen and oxygen atoms in total. The van der Waals surface area contributed by atoms with Gasteiger partial charge in [0.1, 0.15) is 21.7 Å². The first-order valence-corrected chi connectivity index (χ1v) is 7.97. The van der Waals surface area contributed by atoms with Crippen molar-refractivity contribution in [1.29, 1.82) is 0 Å². The molecule has 1 aromatic carbocycles. The number of thiazole rings is 1. The van der Waals surface area contributed by atoms with Crippen molar-refractivity contribution in [2.45, 2.75) is 6.54 Å². The summed E-state index contributed by atoms with van der Waals surface area (Å²) in [5.41, 5.74) is 3.40. The van der Waals surface area contributed by atoms with Gasteiger partial charge in [0.05, 0.1) is 18.4 Å². The van der Waals surface area contributed by atoms with E-state index in [1.165, 1.54) is 11.3 Å². The van der Waals surface area contributed by atoms with Crippen LogP contribution in [0.5, 0.6) is 0 Å². The van der Waals surface area contributed by atoms with Gasteiger partial charge in [-0.15, -0.1) is 11.3 Å². The molecule has 0 fully saturated rings. The number of aromatic amines is 1. The molecule has 0 saturated carbocycles. The fourth-order valence-corrected chi connectivity index (χ4v) is 2.95. The van der Waals surface area contributed by atoms with E-state index in [1.807, 2.05) is 5.38 Å². The smallest absolute Gasteiger partial charge is 0.251 e. The van der Waals surface area contributed by atoms with E-state index < -0.39 is 0 Å². The van der Waals surface area contributed by atoms with Gasteiger partial charge in [-0.1, -0.05) is 0 Å². The average molecular weight is 337 g/mol. The highest BCUT2D eigenvalue weighted by Gasteiger charge is 2.10. The molecule has 4 aromatic rings. The predicted octanol–water partition coefficient (Wildman–Crippen LogP) is 1.80. The predicted molar refractivity (Wildman–Crippen MR) is 88.2 cm³/mol. The second-order valence-electron chi connectivity index (χ2n) is 4.94. The highest BCUT2D eigenvalue weighted by Crippen LogP contribution is 2.20. The maximum Gasteiger partial charge on any atom is 0.251 e. The summed E-state index contributed by atoms with van der Waals surface area (Å²) in [5.74, 6) is -0.186. The Bertz CT molecular complexity index is 995. The summed E-state index contributed by atoms with van der Waals surface area (Å²) in [4.78, 5) is 24.9. The lowest BCUT2D eigenvalue weighted by Gasteiger charge is -2.03. The molecule has 24 heavy (non-hydrogen) atoms. The van der Waals surface area contributed by atoms with Gasteiger partial charge < -0.3 is 5.32 Å². The van der Waals surface area contributed by atoms with Crippen LogP contribution in [0.3, 0.4) is 0 Å². The molecule has 0 aliphatic heterocycles. The average Bonchev–Trinajstić information content (AvgIpc) is 3.29. The molecular formula is C15H11N7OS. The normalized spacial score (nSPS) is 10.8. The van der Waals surface area contributed by atoms with Gasteiger partial charge >= 0.3 is 0 Å². The maximum atomic E-state index is 12.2. The number of benzene rings is 1. The van der Waals surface area contributed by atoms with Crippen molar-refractivity contribution in [2.24, 2.45) is 0 Å². The quantitative estimate of drug-likeness (QED) is 0.588. The number of fused-ring (bicyclic) bond motifs is 1. The molecule has 0 radical (unpaired) electrons. The summed E-state index contributed by atoms with van der Waals surface area (Å²) in [6.07, 6.45) is 4.90. The van der Waals surface area contributed by atoms with Crippen LogP contribution in [0.1, 0.15) is 16.1 Å². The Morgan fingerprint density at radius 1 is 1.21 bits per heavy atom. The molecule has 1 amide bonds. The van der Waals surface area contributed by atoms with Crippen LogP contribution in [0.2, 0.25) is 0 Å². The first-order valence-electron chi connectivity index (χ1n) is 7.09. The van der Waals surface area contributed by atoms with Gasteiger partial charge in [0, 0.05) is 23.3 Å². The summed E-state index contributed by atoms with van der Waals surface area (Å²) < 4.78 is 0. The zero-order valence-corrected chi connectivity index (χ0v) is 13.1. The molecule has 3 aromatic heterocycles. The number of carbonyl (C=O) groups excluding carboxylic acids is 1. The molecule has 0 unspecified atom stereocenters. The Balaban J connectivity index is 1.45. The van der Waals surface area contributed by atoms with Gasteiger partial charge in [0.25, 0.3) is 5.91 Å². The zero-order valence-electron chi connectivity index (χ0n) is 12.3. The molecule has 0 aliphatic rings. The van der Waals surface area contributed by atoms with E-state index in [4.69, 9.17) is 0 Å². The van der Waals surface area contributed by atoms with Gasteiger partial charge in [-0.05, 0) is 18.2 Å². The second kappa shape index (κ2) is 6.13. The van der Waals surface area contributed by atoms with Gasteiger partial charge in [0.15, 0.2) is 0 Å². The molecule has 0 bridgehead atoms. The van der Waals surface area contributed by atoms with Gasteiger partial charge in [-0.25, -0.2) is 4.98 Å². The Morgan fingerprint density at radius 3 is 3.00 bits per heavy atom. The minimum atomic E-state index is -0.186. The summed E-state index contributed by atoms with van der Waals surface area (Å²) >= 11 is 1.47. The van der Waals surface area contributed by atoms with Crippen molar-refractivity contribution in [1.82, 2.24) is 35.7 Å². The third-order valence-electron chi connectivity index (χ3n) is 3.34. The van der Waals surface area contributed by atoms with E-state index >= 15 is 0 Å². The van der Waals surface area contributed by atoms with Crippen LogP contribution < -0.4 is 5.32 Å². The SMILES string of the molecule is O=C(NCc1csc(-c2cnccn2)n1)c1ccc2n[nH]nc2c1. The van der Waals surface area contributed by atoms with Crippen molar-refractivity contribution in [3.05, 3.63) is 53.4 Å². The molecular weight excluding hydrogens is 326 g/mol. The zero-order chi connectivity index (χ0) is 16.4. The fraction of sp³-hybridized carbons (Fsp3) is 0.0667. The Labute approximate surface area is 140 Å².